The van der Waals surface area contributed by atoms with Crippen LogP contribution in [0.15, 0.2) is 24.3 Å². The molecule has 0 N–H and O–H groups in total. The van der Waals surface area contributed by atoms with Crippen LogP contribution in [0.25, 0.3) is 0 Å². The lowest BCUT2D eigenvalue weighted by Crippen LogP contribution is -2.31. The smallest absolute Gasteiger partial charge is 0.338 e. The molecule has 182 valence electrons. The van der Waals surface area contributed by atoms with Gasteiger partial charge in [0.1, 0.15) is 11.4 Å². The molecule has 2 amide bonds. The molecule has 0 aromatic heterocycles. The third-order valence-corrected chi connectivity index (χ3v) is 4.98. The summed E-state index contributed by atoms with van der Waals surface area (Å²) in [5.74, 6) is -1.05. The molecule has 0 saturated carbocycles. The topological polar surface area (TPSA) is 99.2 Å². The number of nitrogens with zero attached hydrogens (tertiary/aromatic N) is 1. The number of carbonyl (C=O) groups is 4. The zero-order valence-electron chi connectivity index (χ0n) is 19.9. The standard InChI is InChI=1S/C25H35NO7/c1-25(2,3)32-24(30)19-12-14-20(15-13-19)31-18-10-8-6-4-5-7-9-11-23(29)33-26-21(27)16-17-22(26)28/h12-15H,4-11,16-18H2,1-3H3. The third-order valence-electron chi connectivity index (χ3n) is 4.98. The second-order valence-electron chi connectivity index (χ2n) is 9.14. The van der Waals surface area contributed by atoms with Gasteiger partial charge in [0.25, 0.3) is 11.8 Å². The van der Waals surface area contributed by atoms with Crippen LogP contribution < -0.4 is 4.74 Å². The van der Waals surface area contributed by atoms with Crippen LogP contribution in [0.3, 0.4) is 0 Å². The minimum Gasteiger partial charge on any atom is -0.494 e. The van der Waals surface area contributed by atoms with E-state index in [0.29, 0.717) is 23.7 Å². The van der Waals surface area contributed by atoms with Crippen LogP contribution in [0.4, 0.5) is 0 Å². The average molecular weight is 462 g/mol. The molecule has 2 rings (SSSR count). The molecule has 0 atom stereocenters. The van der Waals surface area contributed by atoms with E-state index in [0.717, 1.165) is 44.3 Å². The maximum absolute atomic E-state index is 12.0. The number of ether oxygens (including phenoxy) is 2. The molecule has 1 aliphatic heterocycles. The fourth-order valence-corrected chi connectivity index (χ4v) is 3.27. The first-order chi connectivity index (χ1) is 15.7. The number of unbranched alkanes of at least 4 members (excludes halogenated alkanes) is 6. The Kier molecular flexibility index (Phi) is 10.4. The molecule has 33 heavy (non-hydrogen) atoms. The van der Waals surface area contributed by atoms with Gasteiger partial charge < -0.3 is 14.3 Å². The van der Waals surface area contributed by atoms with Gasteiger partial charge in [-0.15, -0.1) is 5.06 Å². The Balaban J connectivity index is 1.46. The van der Waals surface area contributed by atoms with Crippen molar-refractivity contribution in [2.75, 3.05) is 6.61 Å². The number of hydrogen-bond acceptors (Lipinski definition) is 7. The first-order valence-electron chi connectivity index (χ1n) is 11.7. The van der Waals surface area contributed by atoms with Gasteiger partial charge in [0.05, 0.1) is 12.2 Å². The quantitative estimate of drug-likeness (QED) is 0.237. The maximum Gasteiger partial charge on any atom is 0.338 e. The highest BCUT2D eigenvalue weighted by Crippen LogP contribution is 2.17. The van der Waals surface area contributed by atoms with E-state index in [-0.39, 0.29) is 25.2 Å². The molecule has 1 saturated heterocycles. The highest BCUT2D eigenvalue weighted by atomic mass is 16.7. The molecular weight excluding hydrogens is 426 g/mol. The number of amides is 2. The van der Waals surface area contributed by atoms with Gasteiger partial charge in [-0.3, -0.25) is 9.59 Å². The zero-order valence-corrected chi connectivity index (χ0v) is 19.9. The Bertz CT molecular complexity index is 795. The molecule has 1 aliphatic rings. The minimum atomic E-state index is -0.533. The van der Waals surface area contributed by atoms with E-state index < -0.39 is 23.4 Å². The van der Waals surface area contributed by atoms with Gasteiger partial charge in [-0.25, -0.2) is 9.59 Å². The number of imide groups is 1. The fraction of sp³-hybridized carbons (Fsp3) is 0.600. The van der Waals surface area contributed by atoms with Gasteiger partial charge in [-0.1, -0.05) is 32.1 Å². The lowest BCUT2D eigenvalue weighted by molar-refractivity contribution is -0.197. The van der Waals surface area contributed by atoms with Crippen LogP contribution in [0.1, 0.15) is 95.3 Å². The van der Waals surface area contributed by atoms with Gasteiger partial charge in [0, 0.05) is 19.3 Å². The summed E-state index contributed by atoms with van der Waals surface area (Å²) in [5.41, 5.74) is -0.0158. The van der Waals surface area contributed by atoms with E-state index in [1.807, 2.05) is 20.8 Å². The van der Waals surface area contributed by atoms with Gasteiger partial charge in [-0.2, -0.15) is 0 Å². The van der Waals surface area contributed by atoms with Crippen LogP contribution in [0, 0.1) is 0 Å². The summed E-state index contributed by atoms with van der Waals surface area (Å²) < 4.78 is 11.1. The predicted molar refractivity (Wildman–Crippen MR) is 121 cm³/mol. The molecule has 0 aliphatic carbocycles. The summed E-state index contributed by atoms with van der Waals surface area (Å²) >= 11 is 0. The van der Waals surface area contributed by atoms with Crippen molar-refractivity contribution < 1.29 is 33.5 Å². The molecule has 0 radical (unpaired) electrons. The van der Waals surface area contributed by atoms with Crippen molar-refractivity contribution >= 4 is 23.8 Å². The highest BCUT2D eigenvalue weighted by molar-refractivity contribution is 6.01. The normalized spacial score (nSPS) is 13.8. The molecule has 0 spiro atoms. The Morgan fingerprint density at radius 3 is 1.97 bits per heavy atom. The van der Waals surface area contributed by atoms with Crippen molar-refractivity contribution in [3.8, 4) is 5.75 Å². The van der Waals surface area contributed by atoms with E-state index in [4.69, 9.17) is 14.3 Å². The lowest BCUT2D eigenvalue weighted by Gasteiger charge is -2.19. The molecule has 8 heteroatoms. The Hall–Kier alpha value is -2.90. The largest absolute Gasteiger partial charge is 0.494 e. The lowest BCUT2D eigenvalue weighted by atomic mass is 10.1. The van der Waals surface area contributed by atoms with E-state index in [2.05, 4.69) is 0 Å². The Morgan fingerprint density at radius 1 is 0.848 bits per heavy atom. The summed E-state index contributed by atoms with van der Waals surface area (Å²) in [6, 6.07) is 6.97. The first kappa shape index (κ1) is 26.4. The van der Waals surface area contributed by atoms with Crippen LogP contribution in [0.2, 0.25) is 0 Å². The van der Waals surface area contributed by atoms with Crippen molar-refractivity contribution in [2.24, 2.45) is 0 Å². The van der Waals surface area contributed by atoms with E-state index in [1.54, 1.807) is 24.3 Å². The summed E-state index contributed by atoms with van der Waals surface area (Å²) in [4.78, 5) is 51.4. The van der Waals surface area contributed by atoms with E-state index >= 15 is 0 Å². The van der Waals surface area contributed by atoms with Crippen LogP contribution in [-0.4, -0.2) is 41.0 Å². The highest BCUT2D eigenvalue weighted by Gasteiger charge is 2.32. The van der Waals surface area contributed by atoms with Crippen LogP contribution in [-0.2, 0) is 24.0 Å². The minimum absolute atomic E-state index is 0.109. The molecule has 1 aromatic carbocycles. The monoisotopic (exact) mass is 461 g/mol. The van der Waals surface area contributed by atoms with Crippen molar-refractivity contribution in [3.63, 3.8) is 0 Å². The van der Waals surface area contributed by atoms with Gasteiger partial charge >= 0.3 is 11.9 Å². The van der Waals surface area contributed by atoms with Crippen LogP contribution in [0.5, 0.6) is 5.75 Å². The first-order valence-corrected chi connectivity index (χ1v) is 11.7. The van der Waals surface area contributed by atoms with Crippen LogP contribution >= 0.6 is 0 Å². The maximum atomic E-state index is 12.0. The second-order valence-corrected chi connectivity index (χ2v) is 9.14. The molecule has 1 fully saturated rings. The molecule has 1 aromatic rings. The summed E-state index contributed by atoms with van der Waals surface area (Å²) in [6.45, 7) is 6.13. The van der Waals surface area contributed by atoms with E-state index in [1.165, 1.54) is 0 Å². The van der Waals surface area contributed by atoms with Gasteiger partial charge in [-0.05, 0) is 57.9 Å². The van der Waals surface area contributed by atoms with Gasteiger partial charge in [0.15, 0.2) is 0 Å². The molecule has 0 unspecified atom stereocenters. The molecular formula is C25H35NO7. The second kappa shape index (κ2) is 13.0. The SMILES string of the molecule is CC(C)(C)OC(=O)c1ccc(OCCCCCCCCCC(=O)ON2C(=O)CCC2=O)cc1. The Morgan fingerprint density at radius 2 is 1.39 bits per heavy atom. The van der Waals surface area contributed by atoms with Gasteiger partial charge in [0.2, 0.25) is 0 Å². The molecule has 8 nitrogen and oxygen atoms in total. The van der Waals surface area contributed by atoms with E-state index in [9.17, 15) is 19.2 Å². The Labute approximate surface area is 195 Å². The number of hydroxylamine groups is 2. The number of rotatable bonds is 13. The molecule has 1 heterocycles. The number of carbonyl (C=O) groups excluding carboxylic acids is 4. The van der Waals surface area contributed by atoms with Crippen molar-refractivity contribution in [3.05, 3.63) is 29.8 Å². The summed E-state index contributed by atoms with van der Waals surface area (Å²) in [6.07, 6.45) is 7.17. The fourth-order valence-electron chi connectivity index (χ4n) is 3.27. The summed E-state index contributed by atoms with van der Waals surface area (Å²) in [7, 11) is 0. The third kappa shape index (κ3) is 10.1. The number of hydrogen-bond donors (Lipinski definition) is 0. The number of benzene rings is 1. The van der Waals surface area contributed by atoms with Crippen molar-refractivity contribution in [1.29, 1.82) is 0 Å². The number of esters is 1. The van der Waals surface area contributed by atoms with Crippen molar-refractivity contribution in [2.45, 2.75) is 90.6 Å². The molecule has 0 bridgehead atoms. The average Bonchev–Trinajstić information content (AvgIpc) is 3.06. The van der Waals surface area contributed by atoms with Crippen molar-refractivity contribution in [1.82, 2.24) is 5.06 Å². The zero-order chi connectivity index (χ0) is 24.3. The summed E-state index contributed by atoms with van der Waals surface area (Å²) in [5, 5.41) is 0.597. The predicted octanol–water partition coefficient (Wildman–Crippen LogP) is 4.75.